The molecule has 3 aromatic rings. The summed E-state index contributed by atoms with van der Waals surface area (Å²) in [4.78, 5) is 4.52. The lowest BCUT2D eigenvalue weighted by molar-refractivity contribution is 0.666. The molecular weight excluding hydrogens is 282 g/mol. The molecule has 0 saturated heterocycles. The maximum absolute atomic E-state index is 4.52. The van der Waals surface area contributed by atoms with Gasteiger partial charge in [0.25, 0.3) is 0 Å². The molecule has 5 nitrogen and oxygen atoms in total. The van der Waals surface area contributed by atoms with Crippen LogP contribution in [0, 0.1) is 0 Å². The number of hydrogen-bond donors (Lipinski definition) is 1. The standard InChI is InChI=1S/C15H17N5S/c1-2-12-4-6-13(7-5-12)14-17-15(19-18-14)21-11-10-20-9-3-8-16-20/h3-9H,2,10-11H2,1H3,(H,17,18,19). The van der Waals surface area contributed by atoms with E-state index in [1.807, 2.05) is 16.9 Å². The molecule has 2 aromatic heterocycles. The van der Waals surface area contributed by atoms with Crippen LogP contribution in [0.4, 0.5) is 0 Å². The Labute approximate surface area is 127 Å². The van der Waals surface area contributed by atoms with E-state index in [-0.39, 0.29) is 0 Å². The highest BCUT2D eigenvalue weighted by atomic mass is 32.2. The van der Waals surface area contributed by atoms with Crippen molar-refractivity contribution in [1.29, 1.82) is 0 Å². The molecular formula is C15H17N5S. The lowest BCUT2D eigenvalue weighted by Gasteiger charge is -1.99. The van der Waals surface area contributed by atoms with Crippen molar-refractivity contribution in [2.24, 2.45) is 0 Å². The summed E-state index contributed by atoms with van der Waals surface area (Å²) in [6.45, 7) is 3.00. The molecule has 0 aliphatic heterocycles. The van der Waals surface area contributed by atoms with Crippen molar-refractivity contribution in [2.45, 2.75) is 25.0 Å². The van der Waals surface area contributed by atoms with Gasteiger partial charge in [0.15, 0.2) is 5.82 Å². The van der Waals surface area contributed by atoms with Crippen molar-refractivity contribution >= 4 is 11.8 Å². The number of nitrogens with zero attached hydrogens (tertiary/aromatic N) is 4. The lowest BCUT2D eigenvalue weighted by atomic mass is 10.1. The van der Waals surface area contributed by atoms with Gasteiger partial charge in [0.2, 0.25) is 5.16 Å². The van der Waals surface area contributed by atoms with Gasteiger partial charge in [0.1, 0.15) is 0 Å². The number of hydrogen-bond acceptors (Lipinski definition) is 4. The van der Waals surface area contributed by atoms with Gasteiger partial charge in [0, 0.05) is 23.7 Å². The molecule has 0 amide bonds. The third-order valence-corrected chi connectivity index (χ3v) is 4.04. The van der Waals surface area contributed by atoms with Crippen LogP contribution >= 0.6 is 11.8 Å². The van der Waals surface area contributed by atoms with Crippen molar-refractivity contribution in [3.05, 3.63) is 48.3 Å². The van der Waals surface area contributed by atoms with Gasteiger partial charge in [-0.3, -0.25) is 9.78 Å². The van der Waals surface area contributed by atoms with Crippen LogP contribution in [0.25, 0.3) is 11.4 Å². The Balaban J connectivity index is 1.60. The molecule has 0 unspecified atom stereocenters. The first kappa shape index (κ1) is 13.9. The van der Waals surface area contributed by atoms with E-state index in [4.69, 9.17) is 0 Å². The maximum Gasteiger partial charge on any atom is 0.208 e. The van der Waals surface area contributed by atoms with Crippen molar-refractivity contribution in [2.75, 3.05) is 5.75 Å². The third-order valence-electron chi connectivity index (χ3n) is 3.21. The highest BCUT2D eigenvalue weighted by molar-refractivity contribution is 7.99. The molecule has 3 rings (SSSR count). The number of thioether (sulfide) groups is 1. The Bertz CT molecular complexity index is 672. The summed E-state index contributed by atoms with van der Waals surface area (Å²) < 4.78 is 1.91. The monoisotopic (exact) mass is 299 g/mol. The summed E-state index contributed by atoms with van der Waals surface area (Å²) in [7, 11) is 0. The Morgan fingerprint density at radius 2 is 2.10 bits per heavy atom. The normalized spacial score (nSPS) is 10.9. The molecule has 21 heavy (non-hydrogen) atoms. The van der Waals surface area contributed by atoms with Gasteiger partial charge < -0.3 is 0 Å². The minimum atomic E-state index is 0.775. The Hall–Kier alpha value is -2.08. The molecule has 0 aliphatic rings. The van der Waals surface area contributed by atoms with Gasteiger partial charge in [-0.25, -0.2) is 4.98 Å². The fourth-order valence-electron chi connectivity index (χ4n) is 2.00. The third kappa shape index (κ3) is 3.52. The zero-order valence-corrected chi connectivity index (χ0v) is 12.7. The van der Waals surface area contributed by atoms with E-state index < -0.39 is 0 Å². The van der Waals surface area contributed by atoms with E-state index in [1.54, 1.807) is 18.0 Å². The van der Waals surface area contributed by atoms with E-state index >= 15 is 0 Å². The molecule has 0 atom stereocenters. The molecule has 2 heterocycles. The summed E-state index contributed by atoms with van der Waals surface area (Å²) in [6.07, 6.45) is 4.79. The van der Waals surface area contributed by atoms with Crippen molar-refractivity contribution in [3.63, 3.8) is 0 Å². The van der Waals surface area contributed by atoms with Crippen LogP contribution in [0.1, 0.15) is 12.5 Å². The largest absolute Gasteiger partial charge is 0.272 e. The molecule has 0 radical (unpaired) electrons. The van der Waals surface area contributed by atoms with Gasteiger partial charge in [-0.2, -0.15) is 5.10 Å². The number of aromatic amines is 1. The summed E-state index contributed by atoms with van der Waals surface area (Å²) in [6, 6.07) is 10.3. The molecule has 108 valence electrons. The average molecular weight is 299 g/mol. The first-order valence-corrected chi connectivity index (χ1v) is 7.95. The van der Waals surface area contributed by atoms with E-state index in [2.05, 4.69) is 51.5 Å². The average Bonchev–Trinajstić information content (AvgIpc) is 3.19. The Morgan fingerprint density at radius 3 is 2.81 bits per heavy atom. The second-order valence-corrected chi connectivity index (χ2v) is 5.70. The minimum absolute atomic E-state index is 0.775. The summed E-state index contributed by atoms with van der Waals surface area (Å²) in [5, 5.41) is 12.2. The van der Waals surface area contributed by atoms with Crippen molar-refractivity contribution < 1.29 is 0 Å². The molecule has 1 N–H and O–H groups in total. The van der Waals surface area contributed by atoms with Crippen LogP contribution in [0.15, 0.2) is 47.9 Å². The zero-order chi connectivity index (χ0) is 14.5. The summed E-state index contributed by atoms with van der Waals surface area (Å²) in [5.41, 5.74) is 2.39. The highest BCUT2D eigenvalue weighted by Crippen LogP contribution is 2.19. The van der Waals surface area contributed by atoms with Crippen LogP contribution in [0.2, 0.25) is 0 Å². The fourth-order valence-corrected chi connectivity index (χ4v) is 2.73. The molecule has 0 spiro atoms. The van der Waals surface area contributed by atoms with Gasteiger partial charge in [0.05, 0.1) is 6.54 Å². The number of rotatable bonds is 6. The first-order valence-electron chi connectivity index (χ1n) is 6.97. The number of H-pyrrole nitrogens is 1. The van der Waals surface area contributed by atoms with E-state index in [0.717, 1.165) is 35.3 Å². The second kappa shape index (κ2) is 6.58. The number of aromatic nitrogens is 5. The highest BCUT2D eigenvalue weighted by Gasteiger charge is 2.06. The fraction of sp³-hybridized carbons (Fsp3) is 0.267. The molecule has 0 bridgehead atoms. The van der Waals surface area contributed by atoms with Crippen LogP contribution in [-0.2, 0) is 13.0 Å². The Morgan fingerprint density at radius 1 is 1.24 bits per heavy atom. The summed E-state index contributed by atoms with van der Waals surface area (Å²) >= 11 is 1.63. The van der Waals surface area contributed by atoms with Crippen LogP contribution in [0.3, 0.4) is 0 Å². The predicted octanol–water partition coefficient (Wildman–Crippen LogP) is 3.02. The molecule has 0 saturated carbocycles. The van der Waals surface area contributed by atoms with Gasteiger partial charge in [-0.15, -0.1) is 5.10 Å². The van der Waals surface area contributed by atoms with Crippen LogP contribution in [0.5, 0.6) is 0 Å². The maximum atomic E-state index is 4.52. The second-order valence-electron chi connectivity index (χ2n) is 4.63. The van der Waals surface area contributed by atoms with E-state index in [1.165, 1.54) is 5.56 Å². The zero-order valence-electron chi connectivity index (χ0n) is 11.9. The number of benzene rings is 1. The SMILES string of the molecule is CCc1ccc(-c2nc(SCCn3cccn3)n[nH]2)cc1. The van der Waals surface area contributed by atoms with Gasteiger partial charge in [-0.05, 0) is 18.1 Å². The Kier molecular flexibility index (Phi) is 4.35. The van der Waals surface area contributed by atoms with Crippen LogP contribution < -0.4 is 0 Å². The van der Waals surface area contributed by atoms with Crippen molar-refractivity contribution in [3.8, 4) is 11.4 Å². The smallest absolute Gasteiger partial charge is 0.208 e. The van der Waals surface area contributed by atoms with Crippen LogP contribution in [-0.4, -0.2) is 30.7 Å². The molecule has 0 aliphatic carbocycles. The number of nitrogens with one attached hydrogen (secondary N) is 1. The van der Waals surface area contributed by atoms with E-state index in [9.17, 15) is 0 Å². The van der Waals surface area contributed by atoms with Crippen molar-refractivity contribution in [1.82, 2.24) is 25.0 Å². The topological polar surface area (TPSA) is 59.4 Å². The minimum Gasteiger partial charge on any atom is -0.272 e. The molecule has 0 fully saturated rings. The first-order chi connectivity index (χ1) is 10.3. The number of aryl methyl sites for hydroxylation is 2. The lowest BCUT2D eigenvalue weighted by Crippen LogP contribution is -2.00. The van der Waals surface area contributed by atoms with E-state index in [0.29, 0.717) is 0 Å². The van der Waals surface area contributed by atoms with Gasteiger partial charge in [-0.1, -0.05) is 43.0 Å². The molecule has 1 aromatic carbocycles. The molecule has 6 heteroatoms. The van der Waals surface area contributed by atoms with Gasteiger partial charge >= 0.3 is 0 Å². The quantitative estimate of drug-likeness (QED) is 0.711. The summed E-state index contributed by atoms with van der Waals surface area (Å²) in [5.74, 6) is 1.72. The predicted molar refractivity (Wildman–Crippen MR) is 84.1 cm³/mol.